The van der Waals surface area contributed by atoms with Crippen LogP contribution in [0.1, 0.15) is 0 Å². The summed E-state index contributed by atoms with van der Waals surface area (Å²) in [5.74, 6) is -0.479. The average molecular weight is 196 g/mol. The zero-order valence-electron chi connectivity index (χ0n) is 6.34. The van der Waals surface area contributed by atoms with E-state index in [4.69, 9.17) is 0 Å². The van der Waals surface area contributed by atoms with Crippen molar-refractivity contribution in [2.45, 2.75) is 0 Å². The van der Waals surface area contributed by atoms with Crippen molar-refractivity contribution in [1.29, 1.82) is 0 Å². The Morgan fingerprint density at radius 3 is 1.67 bits per heavy atom. The molecule has 0 saturated carbocycles. The Labute approximate surface area is 81.2 Å². The fourth-order valence-electron chi connectivity index (χ4n) is 0.144. The van der Waals surface area contributed by atoms with Crippen LogP contribution in [-0.4, -0.2) is 26.3 Å². The molecule has 3 nitrogen and oxygen atoms in total. The number of rotatable bonds is 2. The average Bonchev–Trinajstić information content (AvgIpc) is 1.58. The Morgan fingerprint density at radius 2 is 1.67 bits per heavy atom. The van der Waals surface area contributed by atoms with Crippen molar-refractivity contribution in [2.75, 3.05) is 5.75 Å². The minimum atomic E-state index is -4.04. The van der Waals surface area contributed by atoms with Gasteiger partial charge in [0.2, 0.25) is 0 Å². The van der Waals surface area contributed by atoms with Crippen LogP contribution in [0, 0.1) is 0 Å². The fraction of sp³-hybridized carbons (Fsp3) is 0.333. The first kappa shape index (κ1) is 18.0. The summed E-state index contributed by atoms with van der Waals surface area (Å²) >= 11 is 0. The number of halogens is 3. The molecule has 0 heterocycles. The maximum atomic E-state index is 9.67. The van der Waals surface area contributed by atoms with Crippen LogP contribution in [-0.2, 0) is 10.1 Å². The van der Waals surface area contributed by atoms with Crippen LogP contribution in [0.15, 0.2) is 12.7 Å². The maximum absolute atomic E-state index is 9.67. The fourth-order valence-corrected chi connectivity index (χ4v) is 0.433. The van der Waals surface area contributed by atoms with Gasteiger partial charge in [-0.05, 0) is 0 Å². The van der Waals surface area contributed by atoms with E-state index < -0.39 is 23.4 Å². The molecule has 0 amide bonds. The minimum Gasteiger partial charge on any atom is -0.748 e. The van der Waals surface area contributed by atoms with Crippen LogP contribution in [0.25, 0.3) is 0 Å². The van der Waals surface area contributed by atoms with Crippen LogP contribution in [0.4, 0.5) is 12.9 Å². The van der Waals surface area contributed by atoms with Crippen LogP contribution < -0.4 is 18.9 Å². The van der Waals surface area contributed by atoms with E-state index in [0.717, 1.165) is 6.08 Å². The van der Waals surface area contributed by atoms with Gasteiger partial charge in [0, 0.05) is 0 Å². The summed E-state index contributed by atoms with van der Waals surface area (Å²) in [6, 6.07) is 0. The molecule has 0 radical (unpaired) electrons. The molecule has 0 rings (SSSR count). The molecular weight excluding hydrogens is 191 g/mol. The molecule has 0 aliphatic carbocycles. The quantitative estimate of drug-likeness (QED) is 0.281. The van der Waals surface area contributed by atoms with Gasteiger partial charge in [0.05, 0.1) is 15.9 Å². The predicted molar refractivity (Wildman–Crippen MR) is 33.8 cm³/mol. The molecule has 0 aromatic heterocycles. The van der Waals surface area contributed by atoms with Gasteiger partial charge in [-0.3, -0.25) is 12.9 Å². The monoisotopic (exact) mass is 196 g/mol. The van der Waals surface area contributed by atoms with Gasteiger partial charge in [-0.2, -0.15) is 0 Å². The topological polar surface area (TPSA) is 57.2 Å². The van der Waals surface area contributed by atoms with Crippen molar-refractivity contribution < 1.29 is 44.8 Å². The summed E-state index contributed by atoms with van der Waals surface area (Å²) in [4.78, 5) is 0. The summed E-state index contributed by atoms with van der Waals surface area (Å²) in [6.45, 7) is 3.07. The third-order valence-electron chi connectivity index (χ3n) is 0.322. The van der Waals surface area contributed by atoms with E-state index in [-0.39, 0.29) is 18.9 Å². The van der Waals surface area contributed by atoms with Crippen molar-refractivity contribution >= 4 is 17.7 Å². The Bertz CT molecular complexity index is 192. The summed E-state index contributed by atoms with van der Waals surface area (Å²) in [5.41, 5.74) is 0. The molecule has 0 fully saturated rings. The van der Waals surface area contributed by atoms with Gasteiger partial charge in [0.1, 0.15) is 0 Å². The van der Waals surface area contributed by atoms with Crippen molar-refractivity contribution in [2.24, 2.45) is 0 Å². The van der Waals surface area contributed by atoms with Gasteiger partial charge in [-0.25, -0.2) is 8.42 Å². The van der Waals surface area contributed by atoms with E-state index in [9.17, 15) is 25.9 Å². The second-order valence-corrected chi connectivity index (χ2v) is 2.71. The van der Waals surface area contributed by atoms with E-state index in [1.54, 1.807) is 0 Å². The molecule has 0 saturated heterocycles. The summed E-state index contributed by atoms with van der Waals surface area (Å²) in [7, 11) is -7.71. The molecule has 66 valence electrons. The smallest absolute Gasteiger partial charge is 0.748 e. The summed E-state index contributed by atoms with van der Waals surface area (Å²) in [6.07, 6.45) is 1.06. The van der Waals surface area contributed by atoms with Gasteiger partial charge in [0.25, 0.3) is 0 Å². The first-order chi connectivity index (χ1) is 4.79. The predicted octanol–water partition coefficient (Wildman–Crippen LogP) is -2.40. The second kappa shape index (κ2) is 9.19. The van der Waals surface area contributed by atoms with Crippen LogP contribution in [0.3, 0.4) is 0 Å². The van der Waals surface area contributed by atoms with Gasteiger partial charge in [0.15, 0.2) is 0 Å². The minimum absolute atomic E-state index is 0. The third kappa shape index (κ3) is 49.7. The van der Waals surface area contributed by atoms with E-state index in [2.05, 4.69) is 6.58 Å². The molecule has 0 atom stereocenters. The normalized spacial score (nSPS) is 8.67. The molecule has 9 heteroatoms. The van der Waals surface area contributed by atoms with Crippen molar-refractivity contribution in [1.82, 2.24) is 0 Å². The van der Waals surface area contributed by atoms with Gasteiger partial charge >= 0.3 is 26.4 Å². The first-order valence-electron chi connectivity index (χ1n) is 2.26. The Balaban J connectivity index is -0.000000142. The standard InChI is InChI=1S/C3H6O3S.BF3.Li/c1-2-3-7(4,5)6;2-1(3)4;/h2H,1,3H2,(H,4,5,6);;/q;;+1/p-1. The number of hydrogen-bond donors (Lipinski definition) is 0. The molecule has 0 unspecified atom stereocenters. The molecule has 0 aliphatic rings. The summed E-state index contributed by atoms with van der Waals surface area (Å²) in [5, 5.41) is 0. The van der Waals surface area contributed by atoms with Crippen LogP contribution in [0.5, 0.6) is 0 Å². The number of hydrogen-bond acceptors (Lipinski definition) is 3. The molecular formula is C3H5BF3LiO3S. The zero-order chi connectivity index (χ0) is 9.49. The van der Waals surface area contributed by atoms with Gasteiger partial charge < -0.3 is 4.55 Å². The van der Waals surface area contributed by atoms with E-state index in [0.29, 0.717) is 0 Å². The molecule has 12 heavy (non-hydrogen) atoms. The van der Waals surface area contributed by atoms with Crippen LogP contribution in [0.2, 0.25) is 0 Å². The second-order valence-electron chi connectivity index (χ2n) is 1.26. The molecule has 0 aromatic carbocycles. The largest absolute Gasteiger partial charge is 1.00 e. The van der Waals surface area contributed by atoms with Crippen molar-refractivity contribution in [3.8, 4) is 0 Å². The Hall–Kier alpha value is 0.102. The SMILES string of the molecule is C=CCS(=O)(=O)[O-].FB(F)F.[Li+]. The van der Waals surface area contributed by atoms with E-state index in [1.807, 2.05) is 0 Å². The van der Waals surface area contributed by atoms with Gasteiger partial charge in [-0.1, -0.05) is 6.08 Å². The maximum Gasteiger partial charge on any atom is 1.00 e. The van der Waals surface area contributed by atoms with Crippen molar-refractivity contribution in [3.05, 3.63) is 12.7 Å². The molecule has 0 spiro atoms. The van der Waals surface area contributed by atoms with Crippen LogP contribution >= 0.6 is 0 Å². The Kier molecular flexibility index (Phi) is 13.8. The van der Waals surface area contributed by atoms with E-state index >= 15 is 0 Å². The molecule has 0 aromatic rings. The van der Waals surface area contributed by atoms with Crippen molar-refractivity contribution in [3.63, 3.8) is 0 Å². The zero-order valence-corrected chi connectivity index (χ0v) is 7.15. The Morgan fingerprint density at radius 1 is 1.42 bits per heavy atom. The van der Waals surface area contributed by atoms with Gasteiger partial charge in [-0.15, -0.1) is 6.58 Å². The third-order valence-corrected chi connectivity index (χ3v) is 0.966. The first-order valence-corrected chi connectivity index (χ1v) is 3.84. The van der Waals surface area contributed by atoms with E-state index in [1.165, 1.54) is 0 Å². The summed E-state index contributed by atoms with van der Waals surface area (Å²) < 4.78 is 57.8. The molecule has 0 bridgehead atoms. The molecule has 0 N–H and O–H groups in total. The molecule has 0 aliphatic heterocycles.